The van der Waals surface area contributed by atoms with Gasteiger partial charge in [-0.15, -0.1) is 0 Å². The predicted molar refractivity (Wildman–Crippen MR) is 49.9 cm³/mol. The topological polar surface area (TPSA) is 89.5 Å². The van der Waals surface area contributed by atoms with E-state index in [0.29, 0.717) is 0 Å². The van der Waals surface area contributed by atoms with Crippen molar-refractivity contribution in [3.05, 3.63) is 31.4 Å². The summed E-state index contributed by atoms with van der Waals surface area (Å²) in [6.45, 7) is 1.85. The quantitative estimate of drug-likeness (QED) is 0.375. The zero-order valence-electron chi connectivity index (χ0n) is 7.33. The third kappa shape index (κ3) is 1.24. The molecule has 1 rings (SSSR count). The maximum absolute atomic E-state index is 11.0. The number of allylic oxidation sites excluding steroid dienone is 1. The molecule has 0 saturated heterocycles. The van der Waals surface area contributed by atoms with E-state index in [1.165, 1.54) is 11.9 Å². The van der Waals surface area contributed by atoms with E-state index in [1.807, 2.05) is 0 Å². The highest BCUT2D eigenvalue weighted by Crippen LogP contribution is 2.18. The van der Waals surface area contributed by atoms with E-state index in [1.54, 1.807) is 6.92 Å². The molecule has 14 heavy (non-hydrogen) atoms. The Kier molecular flexibility index (Phi) is 2.61. The van der Waals surface area contributed by atoms with E-state index in [2.05, 4.69) is 0 Å². The van der Waals surface area contributed by atoms with Crippen LogP contribution in [0.15, 0.2) is 9.59 Å². The molecule has 0 aliphatic rings. The zero-order valence-corrected chi connectivity index (χ0v) is 7.33. The third-order valence-electron chi connectivity index (χ3n) is 1.63. The molecule has 5 heteroatoms. The number of nitrogens with zero attached hydrogens (tertiary/aromatic N) is 2. The van der Waals surface area contributed by atoms with Gasteiger partial charge in [0.05, 0.1) is 17.7 Å². The van der Waals surface area contributed by atoms with Gasteiger partial charge in [0, 0.05) is 0 Å². The second-order valence-corrected chi connectivity index (χ2v) is 2.39. The zero-order chi connectivity index (χ0) is 10.7. The summed E-state index contributed by atoms with van der Waals surface area (Å²) >= 11 is 0. The van der Waals surface area contributed by atoms with Gasteiger partial charge >= 0.3 is 0 Å². The average molecular weight is 189 g/mol. The van der Waals surface area contributed by atoms with Crippen LogP contribution in [0.5, 0.6) is 5.75 Å². The van der Waals surface area contributed by atoms with Gasteiger partial charge in [-0.2, -0.15) is 5.26 Å². The Balaban J connectivity index is 3.32. The van der Waals surface area contributed by atoms with Crippen LogP contribution in [0.4, 0.5) is 0 Å². The van der Waals surface area contributed by atoms with Gasteiger partial charge in [-0.25, -0.2) is 5.87 Å². The molecule has 1 aromatic carbocycles. The summed E-state index contributed by atoms with van der Waals surface area (Å²) in [7, 11) is 0. The van der Waals surface area contributed by atoms with Crippen LogP contribution in [-0.2, 0) is 0 Å². The van der Waals surface area contributed by atoms with Crippen LogP contribution in [0, 0.1) is 11.3 Å². The highest BCUT2D eigenvalue weighted by Gasteiger charge is 2.24. The fourth-order valence-corrected chi connectivity index (χ4v) is 1.02. The molecule has 0 aliphatic heterocycles. The van der Waals surface area contributed by atoms with Gasteiger partial charge in [-0.1, -0.05) is 0 Å². The number of rotatable bonds is 3. The van der Waals surface area contributed by atoms with Gasteiger partial charge in [-0.3, -0.25) is 9.59 Å². The second-order valence-electron chi connectivity index (χ2n) is 2.39. The van der Waals surface area contributed by atoms with E-state index in [4.69, 9.17) is 15.4 Å². The minimum absolute atomic E-state index is 0.171. The maximum Gasteiger partial charge on any atom is 0.269 e. The van der Waals surface area contributed by atoms with Gasteiger partial charge in [0.25, 0.3) is 5.43 Å². The summed E-state index contributed by atoms with van der Waals surface area (Å²) in [6.07, 6.45) is 0. The predicted octanol–water partition coefficient (Wildman–Crippen LogP) is -0.173. The molecule has 0 fully saturated rings. The Hall–Kier alpha value is -2.18. The lowest BCUT2D eigenvalue weighted by Gasteiger charge is -2.09. The van der Waals surface area contributed by atoms with Crippen molar-refractivity contribution in [3.8, 4) is 11.8 Å². The Bertz CT molecular complexity index is 523. The fourth-order valence-electron chi connectivity index (χ4n) is 1.02. The van der Waals surface area contributed by atoms with E-state index in [0.717, 1.165) is 0 Å². The molecule has 0 unspecified atom stereocenters. The molecule has 0 aliphatic carbocycles. The lowest BCUT2D eigenvalue weighted by molar-refractivity contribution is 0.331. The van der Waals surface area contributed by atoms with Crippen LogP contribution in [0.3, 0.4) is 0 Å². The number of nitriles is 1. The molecule has 0 saturated carbocycles. The Morgan fingerprint density at radius 1 is 1.50 bits per heavy atom. The first kappa shape index (κ1) is 9.90. The highest BCUT2D eigenvalue weighted by atomic mass is 16.5. The molecule has 0 bridgehead atoms. The van der Waals surface area contributed by atoms with Crippen molar-refractivity contribution >= 4 is 11.4 Å². The third-order valence-corrected chi connectivity index (χ3v) is 1.63. The van der Waals surface area contributed by atoms with Gasteiger partial charge in [-0.05, 0) is 6.92 Å². The Morgan fingerprint density at radius 3 is 2.57 bits per heavy atom. The molecule has 5 nitrogen and oxygen atoms in total. The van der Waals surface area contributed by atoms with Crippen molar-refractivity contribution in [3.63, 3.8) is 0 Å². The van der Waals surface area contributed by atoms with E-state index >= 15 is 0 Å². The van der Waals surface area contributed by atoms with E-state index in [-0.39, 0.29) is 23.5 Å². The van der Waals surface area contributed by atoms with Crippen molar-refractivity contribution in [1.82, 2.24) is 0 Å². The van der Waals surface area contributed by atoms with Gasteiger partial charge in [0.15, 0.2) is 5.75 Å². The number of hydrogen-bond acceptors (Lipinski definition) is 4. The van der Waals surface area contributed by atoms with Crippen molar-refractivity contribution in [2.45, 2.75) is 6.92 Å². The number of hydrogen-bond donors (Lipinski definition) is 0. The monoisotopic (exact) mass is 189 g/mol. The molecule has 0 spiro atoms. The first-order valence-corrected chi connectivity index (χ1v) is 3.81. The molecule has 0 N–H and O–H groups in total. The maximum atomic E-state index is 11.0. The number of ether oxygens (including phenoxy) is 1. The Labute approximate surface area is 79.1 Å². The lowest BCUT2D eigenvalue weighted by atomic mass is 10.0. The summed E-state index contributed by atoms with van der Waals surface area (Å²) < 4.78 is 4.84. The molecule has 70 valence electrons. The minimum atomic E-state index is -0.827. The van der Waals surface area contributed by atoms with Crippen LogP contribution in [0.25, 0.3) is 11.0 Å². The second kappa shape index (κ2) is 3.69. The lowest BCUT2D eigenvalue weighted by Crippen LogP contribution is -2.36. The van der Waals surface area contributed by atoms with Crippen molar-refractivity contribution in [1.29, 1.82) is 5.26 Å². The van der Waals surface area contributed by atoms with Crippen LogP contribution < -0.4 is 15.6 Å². The van der Waals surface area contributed by atoms with Crippen LogP contribution in [0.2, 0.25) is 0 Å². The fraction of sp³-hybridized carbons (Fsp3) is 0.222. The summed E-state index contributed by atoms with van der Waals surface area (Å²) in [4.78, 5) is 21.9. The van der Waals surface area contributed by atoms with Crippen LogP contribution in [0.1, 0.15) is 12.5 Å². The first-order chi connectivity index (χ1) is 6.67. The molecule has 0 amide bonds. The molecule has 0 atom stereocenters. The standard InChI is InChI=1S/C9H5N2O3/c1-2-14-9-6(5(3-10)4-11)7(12)8(9)13/h2H2,1H3/q-1. The summed E-state index contributed by atoms with van der Waals surface area (Å²) in [6, 6.07) is 1.54. The van der Waals surface area contributed by atoms with Gasteiger partial charge in [0.2, 0.25) is 5.43 Å². The van der Waals surface area contributed by atoms with Gasteiger partial charge in [0.1, 0.15) is 6.07 Å². The molecule has 0 heterocycles. The normalized spacial score (nSPS) is 9.14. The molecule has 0 aromatic heterocycles. The molecular formula is C9H5N2O3-. The first-order valence-electron chi connectivity index (χ1n) is 3.81. The molecular weight excluding hydrogens is 184 g/mol. The summed E-state index contributed by atoms with van der Waals surface area (Å²) in [5.41, 5.74) is -2.17. The average Bonchev–Trinajstić information content (AvgIpc) is 2.22. The van der Waals surface area contributed by atoms with E-state index < -0.39 is 10.9 Å². The largest absolute Gasteiger partial charge is 0.762 e. The Morgan fingerprint density at radius 2 is 2.14 bits per heavy atom. The van der Waals surface area contributed by atoms with Crippen molar-refractivity contribution in [2.75, 3.05) is 6.61 Å². The summed E-state index contributed by atoms with van der Waals surface area (Å²) in [5, 5.41) is 17.0. The van der Waals surface area contributed by atoms with Crippen LogP contribution >= 0.6 is 0 Å². The molecule has 1 aromatic rings. The highest BCUT2D eigenvalue weighted by molar-refractivity contribution is 6.00. The van der Waals surface area contributed by atoms with Crippen molar-refractivity contribution in [2.24, 2.45) is 0 Å². The smallest absolute Gasteiger partial charge is 0.269 e. The van der Waals surface area contributed by atoms with Crippen molar-refractivity contribution < 1.29 is 4.74 Å². The van der Waals surface area contributed by atoms with Gasteiger partial charge < -0.3 is 10.1 Å². The van der Waals surface area contributed by atoms with E-state index in [9.17, 15) is 9.59 Å². The van der Waals surface area contributed by atoms with Crippen LogP contribution in [-0.4, -0.2) is 12.5 Å². The SMILES string of the molecule is CCOc1c(C(=C=[N-])C#N)c(=O)c1=O. The molecule has 0 radical (unpaired) electrons. The summed E-state index contributed by atoms with van der Waals surface area (Å²) in [5.74, 6) is 1.37. The minimum Gasteiger partial charge on any atom is -0.762 e.